The Kier molecular flexibility index (Phi) is 5.99. The second kappa shape index (κ2) is 8.70. The van der Waals surface area contributed by atoms with E-state index in [1.807, 2.05) is 32.9 Å². The number of nitrogens with zero attached hydrogens (tertiary/aromatic N) is 2. The highest BCUT2D eigenvalue weighted by Gasteiger charge is 2.55. The molecule has 192 valence electrons. The number of hydrogen-bond acceptors (Lipinski definition) is 6. The third kappa shape index (κ3) is 3.87. The van der Waals surface area contributed by atoms with Gasteiger partial charge in [-0.15, -0.1) is 0 Å². The minimum absolute atomic E-state index is 0.0288. The number of benzene rings is 2. The van der Waals surface area contributed by atoms with Crippen LogP contribution in [0.3, 0.4) is 0 Å². The van der Waals surface area contributed by atoms with Crippen LogP contribution in [0, 0.1) is 5.82 Å². The molecule has 10 heteroatoms. The molecule has 0 aliphatic carbocycles. The Morgan fingerprint density at radius 2 is 1.78 bits per heavy atom. The summed E-state index contributed by atoms with van der Waals surface area (Å²) in [7, 11) is 0. The number of carbonyl (C=O) groups excluding carboxylic acids is 4. The summed E-state index contributed by atoms with van der Waals surface area (Å²) in [6.07, 6.45) is 0.473. The first-order valence-electron chi connectivity index (χ1n) is 11.8. The van der Waals surface area contributed by atoms with Gasteiger partial charge < -0.3 is 9.64 Å². The van der Waals surface area contributed by atoms with Gasteiger partial charge in [0, 0.05) is 21.5 Å². The van der Waals surface area contributed by atoms with Gasteiger partial charge in [-0.25, -0.2) is 4.39 Å². The second-order valence-corrected chi connectivity index (χ2v) is 11.5. The lowest BCUT2D eigenvalue weighted by molar-refractivity contribution is -0.145. The first-order valence-corrected chi connectivity index (χ1v) is 13.0. The topological polar surface area (TPSA) is 84.0 Å². The Morgan fingerprint density at radius 1 is 1.11 bits per heavy atom. The lowest BCUT2D eigenvalue weighted by Gasteiger charge is -2.49. The van der Waals surface area contributed by atoms with Crippen molar-refractivity contribution in [3.63, 3.8) is 0 Å². The number of halogens is 2. The molecular weight excluding hydrogens is 519 g/mol. The van der Waals surface area contributed by atoms with Crippen LogP contribution >= 0.6 is 23.4 Å². The molecule has 5 rings (SSSR count). The number of esters is 1. The standard InChI is InChI=1S/C27H24ClFN2O5S/c1-5-36-19(32)12-30-24(34)22(37-25(30)35)20-17-10-16(29)11-18-21(17)31(23(20)33)26(2,3)13-27(18,4)14-6-8-15(28)9-7-14/h6-11H,5,12-13H2,1-4H3/b22-20-. The Bertz CT molecular complexity index is 1420. The molecule has 1 unspecified atom stereocenters. The molecule has 3 aliphatic heterocycles. The third-order valence-corrected chi connectivity index (χ3v) is 8.35. The predicted molar refractivity (Wildman–Crippen MR) is 139 cm³/mol. The number of ether oxygens (including phenoxy) is 1. The number of rotatable bonds is 4. The van der Waals surface area contributed by atoms with Crippen LogP contribution in [-0.2, 0) is 24.5 Å². The van der Waals surface area contributed by atoms with Crippen LogP contribution in [0.15, 0.2) is 41.3 Å². The minimum Gasteiger partial charge on any atom is -0.465 e. The molecule has 0 aromatic heterocycles. The first kappa shape index (κ1) is 25.5. The van der Waals surface area contributed by atoms with Gasteiger partial charge in [-0.1, -0.05) is 30.7 Å². The highest BCUT2D eigenvalue weighted by Crippen LogP contribution is 2.57. The largest absolute Gasteiger partial charge is 0.465 e. The van der Waals surface area contributed by atoms with Crippen molar-refractivity contribution < 1.29 is 28.3 Å². The molecule has 0 N–H and O–H groups in total. The van der Waals surface area contributed by atoms with Crippen molar-refractivity contribution in [2.24, 2.45) is 0 Å². The molecule has 3 aliphatic rings. The monoisotopic (exact) mass is 542 g/mol. The SMILES string of the molecule is CCOC(=O)CN1C(=O)S/C(=C2\C(=O)N3c4c2cc(F)cc4C(C)(c2ccc(Cl)cc2)CC3(C)C)C1=O. The molecule has 2 aromatic rings. The van der Waals surface area contributed by atoms with Crippen LogP contribution in [-0.4, -0.2) is 46.6 Å². The summed E-state index contributed by atoms with van der Waals surface area (Å²) in [6, 6.07) is 10.00. The van der Waals surface area contributed by atoms with Crippen molar-refractivity contribution in [2.45, 2.75) is 45.1 Å². The molecule has 3 amide bonds. The van der Waals surface area contributed by atoms with E-state index in [0.29, 0.717) is 34.5 Å². The average molecular weight is 543 g/mol. The van der Waals surface area contributed by atoms with Gasteiger partial charge in [0.1, 0.15) is 12.4 Å². The fourth-order valence-corrected chi connectivity index (χ4v) is 6.77. The first-order chi connectivity index (χ1) is 17.4. The van der Waals surface area contributed by atoms with Gasteiger partial charge >= 0.3 is 5.97 Å². The summed E-state index contributed by atoms with van der Waals surface area (Å²) in [4.78, 5) is 54.0. The zero-order valence-corrected chi connectivity index (χ0v) is 22.3. The number of imide groups is 1. The molecule has 0 saturated carbocycles. The zero-order valence-electron chi connectivity index (χ0n) is 20.7. The van der Waals surface area contributed by atoms with Crippen molar-refractivity contribution in [3.8, 4) is 0 Å². The van der Waals surface area contributed by atoms with E-state index in [4.69, 9.17) is 16.3 Å². The van der Waals surface area contributed by atoms with E-state index in [9.17, 15) is 19.2 Å². The quantitative estimate of drug-likeness (QED) is 0.386. The van der Waals surface area contributed by atoms with Crippen molar-refractivity contribution in [1.82, 2.24) is 4.90 Å². The van der Waals surface area contributed by atoms with Crippen LogP contribution < -0.4 is 4.90 Å². The summed E-state index contributed by atoms with van der Waals surface area (Å²) in [5.74, 6) is -2.55. The summed E-state index contributed by atoms with van der Waals surface area (Å²) in [5.41, 5.74) is 0.886. The van der Waals surface area contributed by atoms with Crippen molar-refractivity contribution in [1.29, 1.82) is 0 Å². The van der Waals surface area contributed by atoms with Crippen LogP contribution in [0.25, 0.3) is 5.57 Å². The number of hydrogen-bond donors (Lipinski definition) is 0. The van der Waals surface area contributed by atoms with E-state index in [1.165, 1.54) is 12.1 Å². The molecular formula is C27H24ClFN2O5S. The fraction of sp³-hybridized carbons (Fsp3) is 0.333. The van der Waals surface area contributed by atoms with Crippen LogP contribution in [0.2, 0.25) is 5.02 Å². The van der Waals surface area contributed by atoms with Crippen LogP contribution in [0.4, 0.5) is 14.9 Å². The summed E-state index contributed by atoms with van der Waals surface area (Å²) in [6.45, 7) is 6.99. The van der Waals surface area contributed by atoms with Gasteiger partial charge in [0.2, 0.25) is 0 Å². The molecule has 0 radical (unpaired) electrons. The van der Waals surface area contributed by atoms with E-state index < -0.39 is 46.3 Å². The summed E-state index contributed by atoms with van der Waals surface area (Å²) in [5, 5.41) is -0.116. The lowest BCUT2D eigenvalue weighted by atomic mass is 9.65. The smallest absolute Gasteiger partial charge is 0.326 e. The molecule has 7 nitrogen and oxygen atoms in total. The number of thioether (sulfide) groups is 1. The second-order valence-electron chi connectivity index (χ2n) is 10.1. The van der Waals surface area contributed by atoms with Gasteiger partial charge in [0.15, 0.2) is 0 Å². The maximum Gasteiger partial charge on any atom is 0.326 e. The van der Waals surface area contributed by atoms with Crippen LogP contribution in [0.1, 0.15) is 50.8 Å². The van der Waals surface area contributed by atoms with Crippen LogP contribution in [0.5, 0.6) is 0 Å². The average Bonchev–Trinajstić information content (AvgIpc) is 3.25. The molecule has 0 spiro atoms. The highest BCUT2D eigenvalue weighted by molar-refractivity contribution is 8.18. The molecule has 1 saturated heterocycles. The zero-order chi connectivity index (χ0) is 26.9. The summed E-state index contributed by atoms with van der Waals surface area (Å²) >= 11 is 6.69. The number of anilines is 1. The molecule has 0 bridgehead atoms. The molecule has 1 atom stereocenters. The maximum atomic E-state index is 15.2. The van der Waals surface area contributed by atoms with E-state index in [1.54, 1.807) is 24.0 Å². The van der Waals surface area contributed by atoms with E-state index >= 15 is 4.39 Å². The van der Waals surface area contributed by atoms with E-state index in [0.717, 1.165) is 10.5 Å². The van der Waals surface area contributed by atoms with E-state index in [-0.39, 0.29) is 22.6 Å². The predicted octanol–water partition coefficient (Wildman–Crippen LogP) is 5.28. The molecule has 2 aromatic carbocycles. The van der Waals surface area contributed by atoms with Crippen molar-refractivity contribution in [2.75, 3.05) is 18.1 Å². The number of amides is 3. The Labute approximate surface area is 222 Å². The third-order valence-electron chi connectivity index (χ3n) is 7.12. The Morgan fingerprint density at radius 3 is 2.43 bits per heavy atom. The summed E-state index contributed by atoms with van der Waals surface area (Å²) < 4.78 is 20.0. The van der Waals surface area contributed by atoms with Gasteiger partial charge in [-0.3, -0.25) is 24.1 Å². The van der Waals surface area contributed by atoms with Crippen molar-refractivity contribution >= 4 is 57.6 Å². The fourth-order valence-electron chi connectivity index (χ4n) is 5.71. The molecule has 3 heterocycles. The Hall–Kier alpha value is -3.17. The van der Waals surface area contributed by atoms with E-state index in [2.05, 4.69) is 0 Å². The lowest BCUT2D eigenvalue weighted by Crippen LogP contribution is -2.54. The normalized spacial score (nSPS) is 24.1. The highest BCUT2D eigenvalue weighted by atomic mass is 35.5. The number of carbonyl (C=O) groups is 4. The maximum absolute atomic E-state index is 15.2. The Balaban J connectivity index is 1.70. The van der Waals surface area contributed by atoms with Gasteiger partial charge in [-0.05, 0) is 74.3 Å². The van der Waals surface area contributed by atoms with Gasteiger partial charge in [-0.2, -0.15) is 0 Å². The van der Waals surface area contributed by atoms with Crippen molar-refractivity contribution in [3.05, 3.63) is 68.8 Å². The van der Waals surface area contributed by atoms with Gasteiger partial charge in [0.05, 0.1) is 22.8 Å². The molecule has 1 fully saturated rings. The molecule has 37 heavy (non-hydrogen) atoms. The minimum atomic E-state index is -0.775. The van der Waals surface area contributed by atoms with Gasteiger partial charge in [0.25, 0.3) is 17.1 Å².